The van der Waals surface area contributed by atoms with E-state index in [0.29, 0.717) is 16.4 Å². The number of carbonyl (C=O) groups excluding carboxylic acids is 1. The average molecular weight is 443 g/mol. The Labute approximate surface area is 182 Å². The predicted molar refractivity (Wildman–Crippen MR) is 122 cm³/mol. The van der Waals surface area contributed by atoms with Crippen LogP contribution < -0.4 is 9.62 Å². The molecule has 0 aliphatic rings. The molecule has 3 aromatic carbocycles. The van der Waals surface area contributed by atoms with Crippen LogP contribution in [0.5, 0.6) is 0 Å². The fourth-order valence-corrected chi connectivity index (χ4v) is 4.51. The third kappa shape index (κ3) is 4.83. The molecule has 0 heterocycles. The van der Waals surface area contributed by atoms with Crippen molar-refractivity contribution < 1.29 is 13.2 Å². The van der Waals surface area contributed by atoms with Crippen LogP contribution in [-0.4, -0.2) is 20.9 Å². The van der Waals surface area contributed by atoms with Gasteiger partial charge in [0.25, 0.3) is 10.0 Å². The highest BCUT2D eigenvalue weighted by molar-refractivity contribution is 7.92. The Kier molecular flexibility index (Phi) is 6.48. The fourth-order valence-electron chi connectivity index (χ4n) is 2.97. The van der Waals surface area contributed by atoms with Crippen molar-refractivity contribution in [2.24, 2.45) is 0 Å². The molecule has 7 heteroatoms. The van der Waals surface area contributed by atoms with E-state index in [1.807, 2.05) is 32.9 Å². The number of nitrogens with one attached hydrogen (secondary N) is 1. The molecule has 0 saturated heterocycles. The van der Waals surface area contributed by atoms with E-state index in [1.54, 1.807) is 42.5 Å². The number of nitrogens with zero attached hydrogens (tertiary/aromatic N) is 1. The fraction of sp³-hybridized carbons (Fsp3) is 0.174. The number of halogens is 1. The molecule has 1 amide bonds. The highest BCUT2D eigenvalue weighted by atomic mass is 35.5. The number of amides is 1. The van der Waals surface area contributed by atoms with Crippen LogP contribution in [0.4, 0.5) is 11.4 Å². The van der Waals surface area contributed by atoms with Crippen LogP contribution in [0.3, 0.4) is 0 Å². The predicted octanol–water partition coefficient (Wildman–Crippen LogP) is 5.10. The Morgan fingerprint density at radius 3 is 2.20 bits per heavy atom. The first-order chi connectivity index (χ1) is 14.2. The van der Waals surface area contributed by atoms with E-state index < -0.39 is 15.9 Å². The number of hydrogen-bond acceptors (Lipinski definition) is 3. The van der Waals surface area contributed by atoms with Gasteiger partial charge in [0.2, 0.25) is 5.91 Å². The Balaban J connectivity index is 1.95. The molecule has 0 aliphatic carbocycles. The normalized spacial score (nSPS) is 11.2. The number of carbonyl (C=O) groups is 1. The zero-order chi connectivity index (χ0) is 21.9. The lowest BCUT2D eigenvalue weighted by molar-refractivity contribution is -0.114. The van der Waals surface area contributed by atoms with Gasteiger partial charge in [0.15, 0.2) is 0 Å². The van der Waals surface area contributed by atoms with E-state index in [0.717, 1.165) is 21.0 Å². The van der Waals surface area contributed by atoms with Crippen LogP contribution in [-0.2, 0) is 14.8 Å². The van der Waals surface area contributed by atoms with Crippen molar-refractivity contribution in [3.8, 4) is 0 Å². The molecule has 0 bridgehead atoms. The zero-order valence-electron chi connectivity index (χ0n) is 17.0. The summed E-state index contributed by atoms with van der Waals surface area (Å²) in [7, 11) is -3.96. The third-order valence-corrected chi connectivity index (χ3v) is 6.93. The van der Waals surface area contributed by atoms with E-state index in [2.05, 4.69) is 5.32 Å². The van der Waals surface area contributed by atoms with Gasteiger partial charge in [0.1, 0.15) is 6.54 Å². The quantitative estimate of drug-likeness (QED) is 0.577. The topological polar surface area (TPSA) is 66.5 Å². The van der Waals surface area contributed by atoms with Gasteiger partial charge in [0, 0.05) is 10.7 Å². The second-order valence-corrected chi connectivity index (χ2v) is 9.40. The van der Waals surface area contributed by atoms with Crippen molar-refractivity contribution >= 4 is 38.9 Å². The highest BCUT2D eigenvalue weighted by Gasteiger charge is 2.27. The maximum absolute atomic E-state index is 13.4. The number of anilines is 2. The van der Waals surface area contributed by atoms with Crippen LogP contribution in [0, 0.1) is 20.8 Å². The minimum atomic E-state index is -3.96. The summed E-state index contributed by atoms with van der Waals surface area (Å²) in [4.78, 5) is 12.9. The molecule has 0 radical (unpaired) electrons. The van der Waals surface area contributed by atoms with Gasteiger partial charge < -0.3 is 5.32 Å². The summed E-state index contributed by atoms with van der Waals surface area (Å²) in [6.45, 7) is 5.37. The Bertz CT molecular complexity index is 1160. The number of aryl methyl sites for hydroxylation is 2. The van der Waals surface area contributed by atoms with Crippen LogP contribution in [0.15, 0.2) is 71.6 Å². The largest absolute Gasteiger partial charge is 0.324 e. The molecule has 0 atom stereocenters. The first kappa shape index (κ1) is 21.9. The van der Waals surface area contributed by atoms with Gasteiger partial charge in [-0.3, -0.25) is 9.10 Å². The van der Waals surface area contributed by atoms with Gasteiger partial charge in [0.05, 0.1) is 10.6 Å². The van der Waals surface area contributed by atoms with Gasteiger partial charge in [-0.2, -0.15) is 0 Å². The molecule has 0 aliphatic heterocycles. The van der Waals surface area contributed by atoms with E-state index in [9.17, 15) is 13.2 Å². The molecule has 3 aromatic rings. The van der Waals surface area contributed by atoms with E-state index in [-0.39, 0.29) is 11.4 Å². The standard InChI is InChI=1S/C23H23ClN2O3S/c1-16-7-13-21(14-8-16)30(28,29)26(20-11-9-19(24)10-12-20)15-23(27)25-22-6-4-5-17(2)18(22)3/h4-14H,15H2,1-3H3,(H,25,27). The number of rotatable bonds is 6. The Morgan fingerprint density at radius 1 is 0.933 bits per heavy atom. The van der Waals surface area contributed by atoms with E-state index >= 15 is 0 Å². The van der Waals surface area contributed by atoms with Crippen molar-refractivity contribution in [1.29, 1.82) is 0 Å². The minimum absolute atomic E-state index is 0.114. The highest BCUT2D eigenvalue weighted by Crippen LogP contribution is 2.26. The Hall–Kier alpha value is -2.83. The van der Waals surface area contributed by atoms with Crippen LogP contribution in [0.2, 0.25) is 5.02 Å². The molecule has 156 valence electrons. The summed E-state index contributed by atoms with van der Waals surface area (Å²) < 4.78 is 27.8. The second-order valence-electron chi connectivity index (χ2n) is 7.10. The van der Waals surface area contributed by atoms with E-state index in [1.165, 1.54) is 12.1 Å². The van der Waals surface area contributed by atoms with E-state index in [4.69, 9.17) is 11.6 Å². The smallest absolute Gasteiger partial charge is 0.264 e. The van der Waals surface area contributed by atoms with Gasteiger partial charge in [-0.1, -0.05) is 41.4 Å². The van der Waals surface area contributed by atoms with Crippen LogP contribution >= 0.6 is 11.6 Å². The van der Waals surface area contributed by atoms with Gasteiger partial charge >= 0.3 is 0 Å². The summed E-state index contributed by atoms with van der Waals surface area (Å²) in [6, 6.07) is 18.5. The van der Waals surface area contributed by atoms with Gasteiger partial charge in [-0.25, -0.2) is 8.42 Å². The summed E-state index contributed by atoms with van der Waals surface area (Å²) in [5.74, 6) is -0.436. The monoisotopic (exact) mass is 442 g/mol. The first-order valence-electron chi connectivity index (χ1n) is 9.39. The molecule has 0 saturated carbocycles. The molecule has 0 aromatic heterocycles. The summed E-state index contributed by atoms with van der Waals surface area (Å²) >= 11 is 5.96. The molecule has 3 rings (SSSR count). The van der Waals surface area contributed by atoms with Crippen molar-refractivity contribution in [2.45, 2.75) is 25.7 Å². The molecular weight excluding hydrogens is 420 g/mol. The maximum atomic E-state index is 13.4. The number of hydrogen-bond donors (Lipinski definition) is 1. The number of sulfonamides is 1. The van der Waals surface area contributed by atoms with Crippen molar-refractivity contribution in [1.82, 2.24) is 0 Å². The zero-order valence-corrected chi connectivity index (χ0v) is 18.6. The number of benzene rings is 3. The lowest BCUT2D eigenvalue weighted by atomic mass is 10.1. The minimum Gasteiger partial charge on any atom is -0.324 e. The van der Waals surface area contributed by atoms with Crippen LogP contribution in [0.25, 0.3) is 0 Å². The molecular formula is C23H23ClN2O3S. The molecule has 1 N–H and O–H groups in total. The van der Waals surface area contributed by atoms with Crippen molar-refractivity contribution in [2.75, 3.05) is 16.2 Å². The molecule has 30 heavy (non-hydrogen) atoms. The molecule has 0 unspecified atom stereocenters. The lowest BCUT2D eigenvalue weighted by Crippen LogP contribution is -2.38. The summed E-state index contributed by atoms with van der Waals surface area (Å²) in [5.41, 5.74) is 3.93. The van der Waals surface area contributed by atoms with Gasteiger partial charge in [-0.15, -0.1) is 0 Å². The van der Waals surface area contributed by atoms with Crippen LogP contribution in [0.1, 0.15) is 16.7 Å². The molecule has 0 spiro atoms. The third-order valence-electron chi connectivity index (χ3n) is 4.89. The van der Waals surface area contributed by atoms with Crippen molar-refractivity contribution in [3.05, 3.63) is 88.4 Å². The maximum Gasteiger partial charge on any atom is 0.264 e. The Morgan fingerprint density at radius 2 is 1.57 bits per heavy atom. The lowest BCUT2D eigenvalue weighted by Gasteiger charge is -2.24. The summed E-state index contributed by atoms with van der Waals surface area (Å²) in [5, 5.41) is 3.30. The first-order valence-corrected chi connectivity index (χ1v) is 11.2. The SMILES string of the molecule is Cc1ccc(S(=O)(=O)N(CC(=O)Nc2cccc(C)c2C)c2ccc(Cl)cc2)cc1. The van der Waals surface area contributed by atoms with Crippen molar-refractivity contribution in [3.63, 3.8) is 0 Å². The average Bonchev–Trinajstić information content (AvgIpc) is 2.71. The molecule has 0 fully saturated rings. The second kappa shape index (κ2) is 8.90. The summed E-state index contributed by atoms with van der Waals surface area (Å²) in [6.07, 6.45) is 0. The molecule has 5 nitrogen and oxygen atoms in total. The van der Waals surface area contributed by atoms with Gasteiger partial charge in [-0.05, 0) is 74.4 Å².